The molecule has 0 aliphatic heterocycles. The normalized spacial score (nSPS) is 10.3. The lowest BCUT2D eigenvalue weighted by molar-refractivity contribution is -0.384. The number of nitrogens with one attached hydrogen (secondary N) is 1. The first-order valence-electron chi connectivity index (χ1n) is 4.99. The Labute approximate surface area is 124 Å². The van der Waals surface area contributed by atoms with Crippen molar-refractivity contribution in [2.45, 2.75) is 6.54 Å². The lowest BCUT2D eigenvalue weighted by Gasteiger charge is -2.04. The Morgan fingerprint density at radius 2 is 2.06 bits per heavy atom. The van der Waals surface area contributed by atoms with Gasteiger partial charge in [-0.2, -0.15) is 0 Å². The van der Waals surface area contributed by atoms with Gasteiger partial charge in [-0.1, -0.05) is 12.1 Å². The number of anilines is 1. The van der Waals surface area contributed by atoms with Crippen LogP contribution >= 0.6 is 43.2 Å². The van der Waals surface area contributed by atoms with Crippen LogP contribution in [0.15, 0.2) is 38.6 Å². The molecule has 0 saturated carbocycles. The Hall–Kier alpha value is -0.920. The number of benzene rings is 1. The first kappa shape index (κ1) is 13.5. The molecule has 0 spiro atoms. The Balaban J connectivity index is 2.13. The van der Waals surface area contributed by atoms with Crippen molar-refractivity contribution in [3.8, 4) is 0 Å². The number of hydrogen-bond donors (Lipinski definition) is 1. The van der Waals surface area contributed by atoms with Gasteiger partial charge in [-0.15, -0.1) is 11.3 Å². The third-order valence-corrected chi connectivity index (χ3v) is 5.51. The largest absolute Gasteiger partial charge is 0.375 e. The second kappa shape index (κ2) is 5.81. The third kappa shape index (κ3) is 3.09. The van der Waals surface area contributed by atoms with Crippen molar-refractivity contribution in [2.75, 3.05) is 5.32 Å². The lowest BCUT2D eigenvalue weighted by Crippen LogP contribution is -2.01. The summed E-state index contributed by atoms with van der Waals surface area (Å²) in [5.74, 6) is 0. The van der Waals surface area contributed by atoms with Gasteiger partial charge in [0.15, 0.2) is 0 Å². The summed E-state index contributed by atoms with van der Waals surface area (Å²) in [5, 5.41) is 13.9. The average Bonchev–Trinajstić information content (AvgIpc) is 2.66. The molecule has 1 aromatic heterocycles. The molecule has 0 bridgehead atoms. The Morgan fingerprint density at radius 3 is 2.67 bits per heavy atom. The monoisotopic (exact) mass is 390 g/mol. The maximum atomic E-state index is 10.8. The summed E-state index contributed by atoms with van der Waals surface area (Å²) in [6.45, 7) is 0.555. The molecule has 0 unspecified atom stereocenters. The van der Waals surface area contributed by atoms with Crippen LogP contribution in [0.5, 0.6) is 0 Å². The fourth-order valence-corrected chi connectivity index (χ4v) is 3.56. The van der Waals surface area contributed by atoms with Crippen LogP contribution in [-0.2, 0) is 6.54 Å². The fraction of sp³-hybridized carbons (Fsp3) is 0.0909. The second-order valence-corrected chi connectivity index (χ2v) is 6.77. The molecule has 1 heterocycles. The van der Waals surface area contributed by atoms with Crippen LogP contribution in [0.25, 0.3) is 0 Å². The van der Waals surface area contributed by atoms with Gasteiger partial charge in [-0.25, -0.2) is 0 Å². The zero-order chi connectivity index (χ0) is 13.1. The lowest BCUT2D eigenvalue weighted by atomic mass is 10.2. The summed E-state index contributed by atoms with van der Waals surface area (Å²) in [6.07, 6.45) is 0. The summed E-state index contributed by atoms with van der Waals surface area (Å²) in [5.41, 5.74) is 0.621. The molecule has 7 heteroatoms. The molecule has 0 aliphatic carbocycles. The number of rotatable bonds is 4. The van der Waals surface area contributed by atoms with Crippen molar-refractivity contribution in [2.24, 2.45) is 0 Å². The van der Waals surface area contributed by atoms with Crippen LogP contribution in [0.4, 0.5) is 11.4 Å². The van der Waals surface area contributed by atoms with Gasteiger partial charge in [0, 0.05) is 22.0 Å². The van der Waals surface area contributed by atoms with E-state index in [1.807, 2.05) is 6.07 Å². The summed E-state index contributed by atoms with van der Waals surface area (Å²) in [6, 6.07) is 8.60. The van der Waals surface area contributed by atoms with Gasteiger partial charge in [-0.05, 0) is 44.0 Å². The van der Waals surface area contributed by atoms with E-state index in [-0.39, 0.29) is 10.6 Å². The minimum atomic E-state index is -0.386. The molecule has 1 aromatic carbocycles. The maximum absolute atomic E-state index is 10.8. The van der Waals surface area contributed by atoms with Crippen LogP contribution in [-0.4, -0.2) is 4.92 Å². The van der Waals surface area contributed by atoms with E-state index >= 15 is 0 Å². The van der Waals surface area contributed by atoms with Gasteiger partial charge in [0.05, 0.1) is 8.71 Å². The van der Waals surface area contributed by atoms with E-state index in [9.17, 15) is 10.1 Å². The highest BCUT2D eigenvalue weighted by molar-refractivity contribution is 9.13. The Bertz CT molecular complexity index is 567. The molecule has 1 N–H and O–H groups in total. The maximum Gasteiger partial charge on any atom is 0.292 e. The predicted octanol–water partition coefficient (Wildman–Crippen LogP) is 4.79. The Kier molecular flexibility index (Phi) is 4.36. The molecule has 0 fully saturated rings. The van der Waals surface area contributed by atoms with E-state index < -0.39 is 0 Å². The average molecular weight is 392 g/mol. The smallest absolute Gasteiger partial charge is 0.292 e. The van der Waals surface area contributed by atoms with Crippen LogP contribution in [0.3, 0.4) is 0 Å². The number of para-hydroxylation sites is 2. The van der Waals surface area contributed by atoms with Crippen molar-refractivity contribution < 1.29 is 4.92 Å². The molecule has 94 valence electrons. The van der Waals surface area contributed by atoms with E-state index in [1.54, 1.807) is 29.5 Å². The van der Waals surface area contributed by atoms with Gasteiger partial charge in [-0.3, -0.25) is 10.1 Å². The standard InChI is InChI=1S/C11H8Br2N2O2S/c12-8-5-7(18-11(8)13)6-14-9-3-1-2-4-10(9)15(16)17/h1-5,14H,6H2. The predicted molar refractivity (Wildman–Crippen MR) is 80.1 cm³/mol. The minimum absolute atomic E-state index is 0.0900. The molecule has 4 nitrogen and oxygen atoms in total. The van der Waals surface area contributed by atoms with Gasteiger partial charge < -0.3 is 5.32 Å². The molecular formula is C11H8Br2N2O2S. The van der Waals surface area contributed by atoms with E-state index in [1.165, 1.54) is 6.07 Å². The van der Waals surface area contributed by atoms with Crippen LogP contribution in [0, 0.1) is 10.1 Å². The number of thiophene rings is 1. The van der Waals surface area contributed by atoms with E-state index in [4.69, 9.17) is 0 Å². The second-order valence-electron chi connectivity index (χ2n) is 3.46. The number of hydrogen-bond acceptors (Lipinski definition) is 4. The summed E-state index contributed by atoms with van der Waals surface area (Å²) >= 11 is 8.41. The topological polar surface area (TPSA) is 55.2 Å². The quantitative estimate of drug-likeness (QED) is 0.601. The van der Waals surface area contributed by atoms with Crippen LogP contribution in [0.1, 0.15) is 4.88 Å². The zero-order valence-electron chi connectivity index (χ0n) is 9.02. The highest BCUT2D eigenvalue weighted by atomic mass is 79.9. The number of nitro benzene ring substituents is 1. The van der Waals surface area contributed by atoms with Crippen molar-refractivity contribution in [3.05, 3.63) is 53.6 Å². The van der Waals surface area contributed by atoms with Crippen molar-refractivity contribution in [1.29, 1.82) is 0 Å². The molecule has 2 rings (SSSR count). The fourth-order valence-electron chi connectivity index (χ4n) is 1.44. The SMILES string of the molecule is O=[N+]([O-])c1ccccc1NCc1cc(Br)c(Br)s1. The highest BCUT2D eigenvalue weighted by Crippen LogP contribution is 2.33. The zero-order valence-corrected chi connectivity index (χ0v) is 13.0. The Morgan fingerprint density at radius 1 is 1.33 bits per heavy atom. The number of nitrogens with zero attached hydrogens (tertiary/aromatic N) is 1. The van der Waals surface area contributed by atoms with Gasteiger partial charge in [0.1, 0.15) is 5.69 Å². The summed E-state index contributed by atoms with van der Waals surface area (Å²) in [7, 11) is 0. The molecule has 2 aromatic rings. The van der Waals surface area contributed by atoms with Crippen molar-refractivity contribution in [1.82, 2.24) is 0 Å². The molecule has 0 amide bonds. The first-order chi connectivity index (χ1) is 8.58. The van der Waals surface area contributed by atoms with Crippen molar-refractivity contribution in [3.63, 3.8) is 0 Å². The van der Waals surface area contributed by atoms with Crippen molar-refractivity contribution >= 4 is 54.6 Å². The third-order valence-electron chi connectivity index (χ3n) is 2.25. The van der Waals surface area contributed by atoms with Gasteiger partial charge >= 0.3 is 0 Å². The van der Waals surface area contributed by atoms with Gasteiger partial charge in [0.2, 0.25) is 0 Å². The number of nitro groups is 1. The summed E-state index contributed by atoms with van der Waals surface area (Å²) < 4.78 is 2.01. The molecule has 0 aliphatic rings. The summed E-state index contributed by atoms with van der Waals surface area (Å²) in [4.78, 5) is 11.5. The van der Waals surface area contributed by atoms with Crippen LogP contribution < -0.4 is 5.32 Å². The minimum Gasteiger partial charge on any atom is -0.375 e. The van der Waals surface area contributed by atoms with E-state index in [2.05, 4.69) is 37.2 Å². The van der Waals surface area contributed by atoms with Crippen LogP contribution in [0.2, 0.25) is 0 Å². The highest BCUT2D eigenvalue weighted by Gasteiger charge is 2.12. The molecule has 0 saturated heterocycles. The molecule has 18 heavy (non-hydrogen) atoms. The van der Waals surface area contributed by atoms with E-state index in [0.717, 1.165) is 13.1 Å². The molecular weight excluding hydrogens is 384 g/mol. The molecule has 0 atom stereocenters. The number of halogens is 2. The first-order valence-corrected chi connectivity index (χ1v) is 7.39. The van der Waals surface area contributed by atoms with E-state index in [0.29, 0.717) is 12.2 Å². The van der Waals surface area contributed by atoms with Gasteiger partial charge in [0.25, 0.3) is 5.69 Å². The molecule has 0 radical (unpaired) electrons.